The Labute approximate surface area is 119 Å². The molecule has 3 nitrogen and oxygen atoms in total. The van der Waals surface area contributed by atoms with Crippen molar-refractivity contribution in [2.24, 2.45) is 0 Å². The molecule has 0 bridgehead atoms. The van der Waals surface area contributed by atoms with Gasteiger partial charge in [0.2, 0.25) is 0 Å². The fourth-order valence-corrected chi connectivity index (χ4v) is 2.37. The van der Waals surface area contributed by atoms with Crippen molar-refractivity contribution < 1.29 is 9.59 Å². The van der Waals surface area contributed by atoms with Gasteiger partial charge in [0.15, 0.2) is 5.78 Å². The van der Waals surface area contributed by atoms with Crippen molar-refractivity contribution in [3.05, 3.63) is 53.1 Å². The Kier molecular flexibility index (Phi) is 4.51. The Bertz CT molecular complexity index is 597. The van der Waals surface area contributed by atoms with Crippen molar-refractivity contribution in [3.63, 3.8) is 0 Å². The number of allylic oxidation sites excluding steroid dienone is 3. The van der Waals surface area contributed by atoms with Gasteiger partial charge in [-0.25, -0.2) is 0 Å². The second kappa shape index (κ2) is 6.33. The highest BCUT2D eigenvalue weighted by molar-refractivity contribution is 6.34. The molecule has 0 radical (unpaired) electrons. The molecule has 0 unspecified atom stereocenters. The van der Waals surface area contributed by atoms with Gasteiger partial charge in [-0.05, 0) is 30.9 Å². The summed E-state index contributed by atoms with van der Waals surface area (Å²) < 4.78 is 0. The van der Waals surface area contributed by atoms with Gasteiger partial charge < -0.3 is 5.32 Å². The zero-order valence-corrected chi connectivity index (χ0v) is 11.9. The van der Waals surface area contributed by atoms with Gasteiger partial charge in [0, 0.05) is 12.1 Å². The van der Waals surface area contributed by atoms with Crippen LogP contribution in [0.4, 0.5) is 0 Å². The third kappa shape index (κ3) is 2.57. The molecule has 0 saturated heterocycles. The van der Waals surface area contributed by atoms with Crippen LogP contribution in [-0.2, 0) is 4.79 Å². The van der Waals surface area contributed by atoms with E-state index in [2.05, 4.69) is 5.32 Å². The summed E-state index contributed by atoms with van der Waals surface area (Å²) in [5.74, 6) is -0.416. The van der Waals surface area contributed by atoms with Crippen molar-refractivity contribution in [3.8, 4) is 0 Å². The van der Waals surface area contributed by atoms with Gasteiger partial charge in [0.05, 0.1) is 5.57 Å². The summed E-state index contributed by atoms with van der Waals surface area (Å²) in [7, 11) is 0. The molecular weight excluding hydrogens is 250 g/mol. The number of ketones is 1. The smallest absolute Gasteiger partial charge is 0.255 e. The highest BCUT2D eigenvalue weighted by atomic mass is 16.2. The van der Waals surface area contributed by atoms with E-state index in [1.54, 1.807) is 6.07 Å². The Hall–Kier alpha value is -2.16. The summed E-state index contributed by atoms with van der Waals surface area (Å²) in [5, 5.41) is 2.80. The monoisotopic (exact) mass is 269 g/mol. The lowest BCUT2D eigenvalue weighted by Gasteiger charge is -2.06. The van der Waals surface area contributed by atoms with Crippen LogP contribution in [0.3, 0.4) is 0 Å². The van der Waals surface area contributed by atoms with E-state index in [0.29, 0.717) is 24.1 Å². The standard InChI is InChI=1S/C17H19NO2/c1-3-5-8-13-12-9-6-7-10-14(12)16(19)15(13)17(20)18-11-4-2/h3,5-7,9-10H,4,8,11H2,1-2H3,(H,18,20)/b5-3+. The van der Waals surface area contributed by atoms with E-state index >= 15 is 0 Å². The van der Waals surface area contributed by atoms with Gasteiger partial charge >= 0.3 is 0 Å². The van der Waals surface area contributed by atoms with Crippen LogP contribution in [0.15, 0.2) is 42.0 Å². The predicted octanol–water partition coefficient (Wildman–Crippen LogP) is 3.13. The largest absolute Gasteiger partial charge is 0.352 e. The van der Waals surface area contributed by atoms with E-state index in [9.17, 15) is 9.59 Å². The van der Waals surface area contributed by atoms with Crippen molar-refractivity contribution in [2.45, 2.75) is 26.7 Å². The topological polar surface area (TPSA) is 46.2 Å². The summed E-state index contributed by atoms with van der Waals surface area (Å²) >= 11 is 0. The Morgan fingerprint density at radius 2 is 1.95 bits per heavy atom. The van der Waals surface area contributed by atoms with Crippen LogP contribution in [-0.4, -0.2) is 18.2 Å². The normalized spacial score (nSPS) is 14.0. The summed E-state index contributed by atoms with van der Waals surface area (Å²) in [5.41, 5.74) is 2.65. The molecular formula is C17H19NO2. The fourth-order valence-electron chi connectivity index (χ4n) is 2.37. The Morgan fingerprint density at radius 3 is 2.60 bits per heavy atom. The van der Waals surface area contributed by atoms with Crippen LogP contribution < -0.4 is 5.32 Å². The van der Waals surface area contributed by atoms with Gasteiger partial charge in [-0.3, -0.25) is 9.59 Å². The van der Waals surface area contributed by atoms with Gasteiger partial charge in [-0.2, -0.15) is 0 Å². The van der Waals surface area contributed by atoms with Crippen molar-refractivity contribution in [1.82, 2.24) is 5.32 Å². The Morgan fingerprint density at radius 1 is 1.25 bits per heavy atom. The highest BCUT2D eigenvalue weighted by Crippen LogP contribution is 2.35. The molecule has 1 aromatic carbocycles. The lowest BCUT2D eigenvalue weighted by Crippen LogP contribution is -2.28. The van der Waals surface area contributed by atoms with E-state index in [-0.39, 0.29) is 11.7 Å². The number of Topliss-reactive ketones (excluding diaryl/α,β-unsaturated/α-hetero) is 1. The first-order valence-corrected chi connectivity index (χ1v) is 6.97. The van der Waals surface area contributed by atoms with Crippen LogP contribution in [0.25, 0.3) is 5.57 Å². The third-order valence-electron chi connectivity index (χ3n) is 3.35. The van der Waals surface area contributed by atoms with Crippen molar-refractivity contribution in [1.29, 1.82) is 0 Å². The molecule has 0 atom stereocenters. The molecule has 0 fully saturated rings. The number of hydrogen-bond acceptors (Lipinski definition) is 2. The maximum absolute atomic E-state index is 12.4. The number of amides is 1. The summed E-state index contributed by atoms with van der Waals surface area (Å²) in [6.45, 7) is 4.50. The molecule has 1 aliphatic carbocycles. The minimum absolute atomic E-state index is 0.159. The number of rotatable bonds is 5. The lowest BCUT2D eigenvalue weighted by atomic mass is 10.0. The summed E-state index contributed by atoms with van der Waals surface area (Å²) in [4.78, 5) is 24.7. The number of nitrogens with one attached hydrogen (secondary N) is 1. The van der Waals surface area contributed by atoms with Crippen LogP contribution >= 0.6 is 0 Å². The summed E-state index contributed by atoms with van der Waals surface area (Å²) in [6.07, 6.45) is 5.36. The third-order valence-corrected chi connectivity index (χ3v) is 3.35. The van der Waals surface area contributed by atoms with Crippen LogP contribution in [0.5, 0.6) is 0 Å². The molecule has 1 aromatic rings. The van der Waals surface area contributed by atoms with Gasteiger partial charge in [-0.15, -0.1) is 0 Å². The molecule has 104 valence electrons. The van der Waals surface area contributed by atoms with Crippen LogP contribution in [0.2, 0.25) is 0 Å². The Balaban J connectivity index is 2.43. The molecule has 1 amide bonds. The van der Waals surface area contributed by atoms with Gasteiger partial charge in [0.1, 0.15) is 0 Å². The van der Waals surface area contributed by atoms with E-state index in [0.717, 1.165) is 17.6 Å². The summed E-state index contributed by atoms with van der Waals surface area (Å²) in [6, 6.07) is 7.42. The number of fused-ring (bicyclic) bond motifs is 1. The van der Waals surface area contributed by atoms with E-state index in [4.69, 9.17) is 0 Å². The maximum Gasteiger partial charge on any atom is 0.255 e. The van der Waals surface area contributed by atoms with E-state index < -0.39 is 0 Å². The number of carbonyl (C=O) groups excluding carboxylic acids is 2. The highest BCUT2D eigenvalue weighted by Gasteiger charge is 2.32. The van der Waals surface area contributed by atoms with Crippen molar-refractivity contribution in [2.75, 3.05) is 6.54 Å². The average molecular weight is 269 g/mol. The number of benzene rings is 1. The molecule has 0 saturated carbocycles. The molecule has 0 aromatic heterocycles. The first-order chi connectivity index (χ1) is 9.70. The predicted molar refractivity (Wildman–Crippen MR) is 80.4 cm³/mol. The maximum atomic E-state index is 12.4. The molecule has 0 spiro atoms. The van der Waals surface area contributed by atoms with E-state index in [1.165, 1.54) is 0 Å². The van der Waals surface area contributed by atoms with Crippen LogP contribution in [0, 0.1) is 0 Å². The minimum atomic E-state index is -0.257. The quantitative estimate of drug-likeness (QED) is 0.659. The number of carbonyl (C=O) groups is 2. The molecule has 20 heavy (non-hydrogen) atoms. The zero-order chi connectivity index (χ0) is 14.5. The molecule has 3 heteroatoms. The second-order valence-electron chi connectivity index (χ2n) is 4.76. The minimum Gasteiger partial charge on any atom is -0.352 e. The molecule has 1 aliphatic rings. The molecule has 2 rings (SSSR count). The van der Waals surface area contributed by atoms with Gasteiger partial charge in [0.25, 0.3) is 5.91 Å². The SMILES string of the molecule is C/C=C/CC1=C(C(=O)NCCC)C(=O)c2ccccc21. The van der Waals surface area contributed by atoms with Crippen LogP contribution in [0.1, 0.15) is 42.6 Å². The number of hydrogen-bond donors (Lipinski definition) is 1. The van der Waals surface area contributed by atoms with E-state index in [1.807, 2.05) is 44.2 Å². The van der Waals surface area contributed by atoms with Gasteiger partial charge in [-0.1, -0.05) is 43.3 Å². The first-order valence-electron chi connectivity index (χ1n) is 6.97. The first kappa shape index (κ1) is 14.3. The molecule has 1 N–H and O–H groups in total. The fraction of sp³-hybridized carbons (Fsp3) is 0.294. The average Bonchev–Trinajstić information content (AvgIpc) is 2.76. The second-order valence-corrected chi connectivity index (χ2v) is 4.76. The molecule has 0 heterocycles. The zero-order valence-electron chi connectivity index (χ0n) is 11.9. The van der Waals surface area contributed by atoms with Crippen molar-refractivity contribution >= 4 is 17.3 Å². The molecule has 0 aliphatic heterocycles. The lowest BCUT2D eigenvalue weighted by molar-refractivity contribution is -0.117.